The van der Waals surface area contributed by atoms with Crippen LogP contribution in [0, 0.1) is 5.92 Å². The van der Waals surface area contributed by atoms with Gasteiger partial charge in [0.05, 0.1) is 0 Å². The van der Waals surface area contributed by atoms with Gasteiger partial charge in [0.25, 0.3) is 0 Å². The van der Waals surface area contributed by atoms with Gasteiger partial charge in [-0.3, -0.25) is 4.79 Å². The van der Waals surface area contributed by atoms with Crippen LogP contribution in [0.15, 0.2) is 18.2 Å². The zero-order chi connectivity index (χ0) is 13.9. The normalized spacial score (nSPS) is 20.4. The monoisotopic (exact) mass is 277 g/mol. The SMILES string of the molecule is O=C(CCc1ccc2c(c1)OCO2)N1CCC(CO)C1. The molecular weight excluding hydrogens is 258 g/mol. The molecule has 0 radical (unpaired) electrons. The van der Waals surface area contributed by atoms with Crippen molar-refractivity contribution in [2.75, 3.05) is 26.5 Å². The number of hydrogen-bond donors (Lipinski definition) is 1. The lowest BCUT2D eigenvalue weighted by atomic mass is 10.1. The molecule has 0 aliphatic carbocycles. The van der Waals surface area contributed by atoms with Crippen molar-refractivity contribution in [2.24, 2.45) is 5.92 Å². The molecule has 108 valence electrons. The van der Waals surface area contributed by atoms with E-state index in [4.69, 9.17) is 14.6 Å². The molecule has 5 nitrogen and oxygen atoms in total. The first kappa shape index (κ1) is 13.2. The highest BCUT2D eigenvalue weighted by molar-refractivity contribution is 5.76. The summed E-state index contributed by atoms with van der Waals surface area (Å²) in [6.45, 7) is 1.90. The number of carbonyl (C=O) groups is 1. The van der Waals surface area contributed by atoms with Crippen molar-refractivity contribution >= 4 is 5.91 Å². The minimum Gasteiger partial charge on any atom is -0.454 e. The van der Waals surface area contributed by atoms with Crippen LogP contribution >= 0.6 is 0 Å². The molecule has 1 fully saturated rings. The summed E-state index contributed by atoms with van der Waals surface area (Å²) in [6, 6.07) is 5.80. The lowest BCUT2D eigenvalue weighted by Gasteiger charge is -2.16. The molecule has 0 bridgehead atoms. The molecule has 2 heterocycles. The number of benzene rings is 1. The third kappa shape index (κ3) is 2.72. The minimum absolute atomic E-state index is 0.165. The van der Waals surface area contributed by atoms with Crippen molar-refractivity contribution in [3.63, 3.8) is 0 Å². The third-order valence-electron chi connectivity index (χ3n) is 3.96. The van der Waals surface area contributed by atoms with Crippen molar-refractivity contribution in [3.8, 4) is 11.5 Å². The Morgan fingerprint density at radius 2 is 2.20 bits per heavy atom. The van der Waals surface area contributed by atoms with Gasteiger partial charge in [-0.2, -0.15) is 0 Å². The third-order valence-corrected chi connectivity index (χ3v) is 3.96. The quantitative estimate of drug-likeness (QED) is 0.898. The van der Waals surface area contributed by atoms with E-state index in [2.05, 4.69) is 0 Å². The van der Waals surface area contributed by atoms with Crippen molar-refractivity contribution < 1.29 is 19.4 Å². The van der Waals surface area contributed by atoms with Crippen molar-refractivity contribution in [2.45, 2.75) is 19.3 Å². The van der Waals surface area contributed by atoms with Gasteiger partial charge in [-0.25, -0.2) is 0 Å². The number of likely N-dealkylation sites (tertiary alicyclic amines) is 1. The number of ether oxygens (including phenoxy) is 2. The highest BCUT2D eigenvalue weighted by atomic mass is 16.7. The largest absolute Gasteiger partial charge is 0.454 e. The number of aliphatic hydroxyl groups excluding tert-OH is 1. The molecule has 1 amide bonds. The van der Waals surface area contributed by atoms with Gasteiger partial charge in [0.2, 0.25) is 12.7 Å². The fourth-order valence-electron chi connectivity index (χ4n) is 2.71. The van der Waals surface area contributed by atoms with E-state index in [1.165, 1.54) is 0 Å². The van der Waals surface area contributed by atoms with Gasteiger partial charge < -0.3 is 19.5 Å². The van der Waals surface area contributed by atoms with Crippen molar-refractivity contribution in [3.05, 3.63) is 23.8 Å². The average molecular weight is 277 g/mol. The smallest absolute Gasteiger partial charge is 0.231 e. The molecular formula is C15H19NO4. The van der Waals surface area contributed by atoms with E-state index < -0.39 is 0 Å². The molecule has 2 aliphatic heterocycles. The zero-order valence-electron chi connectivity index (χ0n) is 11.4. The van der Waals surface area contributed by atoms with Crippen LogP contribution in [0.25, 0.3) is 0 Å². The summed E-state index contributed by atoms with van der Waals surface area (Å²) in [5.41, 5.74) is 1.08. The van der Waals surface area contributed by atoms with Gasteiger partial charge in [-0.15, -0.1) is 0 Å². The van der Waals surface area contributed by atoms with Crippen LogP contribution < -0.4 is 9.47 Å². The van der Waals surface area contributed by atoms with Crippen LogP contribution in [-0.2, 0) is 11.2 Å². The Bertz CT molecular complexity index is 503. The zero-order valence-corrected chi connectivity index (χ0v) is 11.4. The number of aryl methyl sites for hydroxylation is 1. The molecule has 1 atom stereocenters. The first-order valence-electron chi connectivity index (χ1n) is 7.03. The second kappa shape index (κ2) is 5.71. The van der Waals surface area contributed by atoms with Crippen molar-refractivity contribution in [1.29, 1.82) is 0 Å². The maximum absolute atomic E-state index is 12.1. The molecule has 1 aromatic rings. The number of carbonyl (C=O) groups excluding carboxylic acids is 1. The molecule has 0 saturated carbocycles. The summed E-state index contributed by atoms with van der Waals surface area (Å²) in [5.74, 6) is 1.95. The van der Waals surface area contributed by atoms with Crippen LogP contribution in [-0.4, -0.2) is 42.4 Å². The molecule has 1 aromatic carbocycles. The molecule has 5 heteroatoms. The van der Waals surface area contributed by atoms with Gasteiger partial charge >= 0.3 is 0 Å². The molecule has 1 unspecified atom stereocenters. The van der Waals surface area contributed by atoms with E-state index >= 15 is 0 Å². The molecule has 0 aromatic heterocycles. The maximum Gasteiger partial charge on any atom is 0.231 e. The molecule has 0 spiro atoms. The molecule has 20 heavy (non-hydrogen) atoms. The predicted molar refractivity (Wildman–Crippen MR) is 72.7 cm³/mol. The van der Waals surface area contributed by atoms with Crippen molar-refractivity contribution in [1.82, 2.24) is 4.90 Å². The maximum atomic E-state index is 12.1. The van der Waals surface area contributed by atoms with Gasteiger partial charge in [0, 0.05) is 32.0 Å². The summed E-state index contributed by atoms with van der Waals surface area (Å²) in [5, 5.41) is 9.10. The first-order valence-corrected chi connectivity index (χ1v) is 7.03. The summed E-state index contributed by atoms with van der Waals surface area (Å²) in [4.78, 5) is 14.0. The second-order valence-electron chi connectivity index (χ2n) is 5.36. The van der Waals surface area contributed by atoms with E-state index in [0.717, 1.165) is 30.0 Å². The fraction of sp³-hybridized carbons (Fsp3) is 0.533. The van der Waals surface area contributed by atoms with Crippen LogP contribution in [0.5, 0.6) is 11.5 Å². The van der Waals surface area contributed by atoms with E-state index in [9.17, 15) is 4.79 Å². The highest BCUT2D eigenvalue weighted by Gasteiger charge is 2.25. The molecule has 1 saturated heterocycles. The Kier molecular flexibility index (Phi) is 3.78. The van der Waals surface area contributed by atoms with E-state index in [1.54, 1.807) is 0 Å². The summed E-state index contributed by atoms with van der Waals surface area (Å²) in [6.07, 6.45) is 2.11. The molecule has 2 aliphatic rings. The first-order chi connectivity index (χ1) is 9.76. The Morgan fingerprint density at radius 3 is 3.00 bits per heavy atom. The standard InChI is InChI=1S/C15H19NO4/c17-9-12-5-6-16(8-12)15(18)4-2-11-1-3-13-14(7-11)20-10-19-13/h1,3,7,12,17H,2,4-6,8-10H2. The molecule has 3 rings (SSSR count). The number of aliphatic hydroxyl groups is 1. The number of rotatable bonds is 4. The Hall–Kier alpha value is -1.75. The predicted octanol–water partition coefficient (Wildman–Crippen LogP) is 1.19. The lowest BCUT2D eigenvalue weighted by molar-refractivity contribution is -0.130. The summed E-state index contributed by atoms with van der Waals surface area (Å²) >= 11 is 0. The van der Waals surface area contributed by atoms with Crippen LogP contribution in [0.2, 0.25) is 0 Å². The topological polar surface area (TPSA) is 59.0 Å². The van der Waals surface area contributed by atoms with Crippen LogP contribution in [0.1, 0.15) is 18.4 Å². The van der Waals surface area contributed by atoms with E-state index in [-0.39, 0.29) is 25.2 Å². The van der Waals surface area contributed by atoms with Crippen LogP contribution in [0.4, 0.5) is 0 Å². The van der Waals surface area contributed by atoms with Crippen LogP contribution in [0.3, 0.4) is 0 Å². The number of hydrogen-bond acceptors (Lipinski definition) is 4. The number of fused-ring (bicyclic) bond motifs is 1. The summed E-state index contributed by atoms with van der Waals surface area (Å²) in [7, 11) is 0. The Balaban J connectivity index is 1.53. The second-order valence-corrected chi connectivity index (χ2v) is 5.36. The van der Waals surface area contributed by atoms with Gasteiger partial charge in [-0.1, -0.05) is 6.07 Å². The Labute approximate surface area is 118 Å². The number of nitrogens with zero attached hydrogens (tertiary/aromatic N) is 1. The number of amides is 1. The van der Waals surface area contributed by atoms with Gasteiger partial charge in [-0.05, 0) is 30.5 Å². The highest BCUT2D eigenvalue weighted by Crippen LogP contribution is 2.32. The van der Waals surface area contributed by atoms with Gasteiger partial charge in [0.1, 0.15) is 0 Å². The minimum atomic E-state index is 0.165. The average Bonchev–Trinajstić information content (AvgIpc) is 3.12. The summed E-state index contributed by atoms with van der Waals surface area (Å²) < 4.78 is 10.6. The van der Waals surface area contributed by atoms with E-state index in [1.807, 2.05) is 23.1 Å². The van der Waals surface area contributed by atoms with E-state index in [0.29, 0.717) is 19.4 Å². The lowest BCUT2D eigenvalue weighted by Crippen LogP contribution is -2.29. The molecule has 1 N–H and O–H groups in total. The van der Waals surface area contributed by atoms with Gasteiger partial charge in [0.15, 0.2) is 11.5 Å². The Morgan fingerprint density at radius 1 is 1.35 bits per heavy atom. The fourth-order valence-corrected chi connectivity index (χ4v) is 2.71.